The van der Waals surface area contributed by atoms with Gasteiger partial charge in [0.1, 0.15) is 0 Å². The molecule has 0 atom stereocenters. The van der Waals surface area contributed by atoms with Crippen molar-refractivity contribution in [3.05, 3.63) is 21.8 Å². The second-order valence-corrected chi connectivity index (χ2v) is 4.04. The van der Waals surface area contributed by atoms with Crippen LogP contribution in [0.3, 0.4) is 0 Å². The molecule has 1 rings (SSSR count). The minimum Gasteiger partial charge on any atom is -0.398 e. The van der Waals surface area contributed by atoms with Crippen LogP contribution in [0.5, 0.6) is 0 Å². The van der Waals surface area contributed by atoms with Crippen molar-refractivity contribution in [2.45, 2.75) is 13.8 Å². The molecule has 0 aromatic heterocycles. The van der Waals surface area contributed by atoms with E-state index in [0.717, 1.165) is 22.3 Å². The van der Waals surface area contributed by atoms with Crippen molar-refractivity contribution in [3.8, 4) is 0 Å². The predicted octanol–water partition coefficient (Wildman–Crippen LogP) is 2.72. The van der Waals surface area contributed by atoms with Gasteiger partial charge in [-0.05, 0) is 54.6 Å². The van der Waals surface area contributed by atoms with E-state index in [4.69, 9.17) is 5.73 Å². The van der Waals surface area contributed by atoms with Crippen molar-refractivity contribution < 1.29 is 0 Å². The summed E-state index contributed by atoms with van der Waals surface area (Å²) in [6, 6.07) is 6.17. The molecule has 0 saturated heterocycles. The van der Waals surface area contributed by atoms with Gasteiger partial charge in [0.15, 0.2) is 0 Å². The monoisotopic (exact) mass is 290 g/mol. The van der Waals surface area contributed by atoms with Gasteiger partial charge in [-0.15, -0.1) is 0 Å². The van der Waals surface area contributed by atoms with Gasteiger partial charge in [-0.2, -0.15) is 0 Å². The summed E-state index contributed by atoms with van der Waals surface area (Å²) >= 11 is 2.26. The second-order valence-electron chi connectivity index (χ2n) is 2.88. The first-order chi connectivity index (χ1) is 6.19. The topological polar surface area (TPSA) is 29.3 Å². The minimum absolute atomic E-state index is 0.858. The van der Waals surface area contributed by atoms with Crippen molar-refractivity contribution in [2.75, 3.05) is 23.7 Å². The number of nitrogens with two attached hydrogens (primary N) is 1. The number of rotatable bonds is 3. The molecule has 0 spiro atoms. The van der Waals surface area contributed by atoms with Gasteiger partial charge in [-0.25, -0.2) is 0 Å². The second kappa shape index (κ2) is 4.69. The van der Waals surface area contributed by atoms with Crippen LogP contribution in [-0.2, 0) is 0 Å². The Kier molecular flexibility index (Phi) is 3.84. The molecule has 0 aliphatic heterocycles. The number of halogens is 1. The van der Waals surface area contributed by atoms with Crippen molar-refractivity contribution in [2.24, 2.45) is 0 Å². The number of nitrogen functional groups attached to an aromatic ring is 1. The molecular weight excluding hydrogens is 275 g/mol. The summed E-state index contributed by atoms with van der Waals surface area (Å²) in [6.07, 6.45) is 0. The maximum atomic E-state index is 5.75. The third-order valence-electron chi connectivity index (χ3n) is 2.11. The molecule has 1 aromatic rings. The Morgan fingerprint density at radius 2 is 1.92 bits per heavy atom. The third kappa shape index (κ3) is 2.49. The fourth-order valence-electron chi connectivity index (χ4n) is 1.30. The van der Waals surface area contributed by atoms with Crippen LogP contribution in [0.25, 0.3) is 0 Å². The molecule has 0 unspecified atom stereocenters. The Bertz CT molecular complexity index is 282. The zero-order valence-electron chi connectivity index (χ0n) is 8.05. The lowest BCUT2D eigenvalue weighted by molar-refractivity contribution is 0.866. The van der Waals surface area contributed by atoms with E-state index < -0.39 is 0 Å². The molecule has 0 aliphatic carbocycles. The predicted molar refractivity (Wildman–Crippen MR) is 67.1 cm³/mol. The fraction of sp³-hybridized carbons (Fsp3) is 0.400. The van der Waals surface area contributed by atoms with Gasteiger partial charge < -0.3 is 10.6 Å². The average molecular weight is 290 g/mol. The molecule has 0 heterocycles. The Morgan fingerprint density at radius 3 is 2.38 bits per heavy atom. The molecule has 0 bridgehead atoms. The molecule has 0 fully saturated rings. The maximum absolute atomic E-state index is 5.75. The highest BCUT2D eigenvalue weighted by atomic mass is 127. The van der Waals surface area contributed by atoms with Gasteiger partial charge in [0.25, 0.3) is 0 Å². The van der Waals surface area contributed by atoms with Gasteiger partial charge >= 0.3 is 0 Å². The highest BCUT2D eigenvalue weighted by Gasteiger charge is 2.03. The molecule has 2 nitrogen and oxygen atoms in total. The van der Waals surface area contributed by atoms with E-state index in [2.05, 4.69) is 53.5 Å². The van der Waals surface area contributed by atoms with Gasteiger partial charge in [-0.1, -0.05) is 0 Å². The number of nitrogens with zero attached hydrogens (tertiary/aromatic N) is 1. The largest absolute Gasteiger partial charge is 0.398 e. The highest BCUT2D eigenvalue weighted by molar-refractivity contribution is 14.1. The number of hydrogen-bond donors (Lipinski definition) is 1. The zero-order valence-corrected chi connectivity index (χ0v) is 10.2. The van der Waals surface area contributed by atoms with Crippen LogP contribution in [0.1, 0.15) is 13.8 Å². The summed E-state index contributed by atoms with van der Waals surface area (Å²) in [4.78, 5) is 2.31. The molecule has 3 heteroatoms. The van der Waals surface area contributed by atoms with E-state index in [1.165, 1.54) is 5.69 Å². The van der Waals surface area contributed by atoms with Crippen LogP contribution in [0, 0.1) is 3.57 Å². The Labute approximate surface area is 93.3 Å². The van der Waals surface area contributed by atoms with E-state index in [9.17, 15) is 0 Å². The molecule has 0 radical (unpaired) electrons. The summed E-state index contributed by atoms with van der Waals surface area (Å²) in [5, 5.41) is 0. The van der Waals surface area contributed by atoms with Crippen LogP contribution < -0.4 is 10.6 Å². The lowest BCUT2D eigenvalue weighted by Crippen LogP contribution is -2.21. The van der Waals surface area contributed by atoms with Crippen LogP contribution in [0.4, 0.5) is 11.4 Å². The van der Waals surface area contributed by atoms with E-state index in [1.807, 2.05) is 6.07 Å². The molecular formula is C10H15IN2. The van der Waals surface area contributed by atoms with Crippen LogP contribution >= 0.6 is 22.6 Å². The summed E-state index contributed by atoms with van der Waals surface area (Å²) in [5.74, 6) is 0. The first-order valence-corrected chi connectivity index (χ1v) is 5.56. The van der Waals surface area contributed by atoms with E-state index in [0.29, 0.717) is 0 Å². The van der Waals surface area contributed by atoms with Gasteiger partial charge in [-0.3, -0.25) is 0 Å². The molecule has 0 saturated carbocycles. The number of anilines is 2. The Balaban J connectivity index is 2.95. The summed E-state index contributed by atoms with van der Waals surface area (Å²) in [7, 11) is 0. The summed E-state index contributed by atoms with van der Waals surface area (Å²) in [6.45, 7) is 6.40. The average Bonchev–Trinajstić information content (AvgIpc) is 2.13. The SMILES string of the molecule is CCN(CC)c1ccc(N)c(I)c1. The molecule has 1 aromatic carbocycles. The van der Waals surface area contributed by atoms with Gasteiger partial charge in [0.2, 0.25) is 0 Å². The molecule has 0 aliphatic rings. The molecule has 0 amide bonds. The minimum atomic E-state index is 0.858. The Morgan fingerprint density at radius 1 is 1.31 bits per heavy atom. The highest BCUT2D eigenvalue weighted by Crippen LogP contribution is 2.22. The first-order valence-electron chi connectivity index (χ1n) is 4.49. The van der Waals surface area contributed by atoms with Crippen molar-refractivity contribution in [1.29, 1.82) is 0 Å². The lowest BCUT2D eigenvalue weighted by atomic mass is 10.2. The Hall–Kier alpha value is -0.450. The van der Waals surface area contributed by atoms with Crippen LogP contribution in [0.15, 0.2) is 18.2 Å². The van der Waals surface area contributed by atoms with Crippen LogP contribution in [-0.4, -0.2) is 13.1 Å². The third-order valence-corrected chi connectivity index (χ3v) is 3.05. The quantitative estimate of drug-likeness (QED) is 0.685. The molecule has 72 valence electrons. The maximum Gasteiger partial charge on any atom is 0.0451 e. The van der Waals surface area contributed by atoms with Crippen molar-refractivity contribution in [1.82, 2.24) is 0 Å². The smallest absolute Gasteiger partial charge is 0.0451 e. The van der Waals surface area contributed by atoms with E-state index >= 15 is 0 Å². The van der Waals surface area contributed by atoms with Gasteiger partial charge in [0, 0.05) is 28.0 Å². The molecule has 2 N–H and O–H groups in total. The standard InChI is InChI=1S/C10H15IN2/c1-3-13(4-2)8-5-6-10(12)9(11)7-8/h5-7H,3-4,12H2,1-2H3. The zero-order chi connectivity index (χ0) is 9.84. The lowest BCUT2D eigenvalue weighted by Gasteiger charge is -2.21. The molecule has 13 heavy (non-hydrogen) atoms. The number of hydrogen-bond acceptors (Lipinski definition) is 2. The van der Waals surface area contributed by atoms with E-state index in [-0.39, 0.29) is 0 Å². The van der Waals surface area contributed by atoms with Crippen molar-refractivity contribution >= 4 is 34.0 Å². The van der Waals surface area contributed by atoms with E-state index in [1.54, 1.807) is 0 Å². The van der Waals surface area contributed by atoms with Crippen molar-refractivity contribution in [3.63, 3.8) is 0 Å². The first kappa shape index (κ1) is 10.6. The van der Waals surface area contributed by atoms with Crippen LogP contribution in [0.2, 0.25) is 0 Å². The normalized spacial score (nSPS) is 10.1. The fourth-order valence-corrected chi connectivity index (χ4v) is 1.80. The summed E-state index contributed by atoms with van der Waals surface area (Å²) < 4.78 is 1.13. The number of benzene rings is 1. The summed E-state index contributed by atoms with van der Waals surface area (Å²) in [5.41, 5.74) is 7.86. The van der Waals surface area contributed by atoms with Gasteiger partial charge in [0.05, 0.1) is 0 Å².